The first-order valence-corrected chi connectivity index (χ1v) is 7.23. The first-order chi connectivity index (χ1) is 10.2. The summed E-state index contributed by atoms with van der Waals surface area (Å²) in [4.78, 5) is 8.39. The fraction of sp³-hybridized carbons (Fsp3) is 0.375. The molecule has 2 rings (SSSR count). The van der Waals surface area contributed by atoms with E-state index in [1.54, 1.807) is 0 Å². The summed E-state index contributed by atoms with van der Waals surface area (Å²) in [5.74, 6) is 1.13. The number of hydrogen-bond acceptors (Lipinski definition) is 6. The summed E-state index contributed by atoms with van der Waals surface area (Å²) in [5.41, 5.74) is 16.0. The highest BCUT2D eigenvalue weighted by molar-refractivity contribution is 5.77. The minimum Gasteiger partial charge on any atom is -0.393 e. The standard InChI is InChI=1S/C16H24N6/c1-10-6-11(2)8-12(7-10)20-14-13(17)15(19-9-18-14)21-22-16(3,4)5/h6-9,22H,17H2,1-5H3,(H2,18,19,20,21). The lowest BCUT2D eigenvalue weighted by Crippen LogP contribution is -2.40. The van der Waals surface area contributed by atoms with E-state index in [0.717, 1.165) is 5.69 Å². The second-order valence-corrected chi connectivity index (χ2v) is 6.49. The zero-order chi connectivity index (χ0) is 16.3. The summed E-state index contributed by atoms with van der Waals surface area (Å²) in [7, 11) is 0. The van der Waals surface area contributed by atoms with Crippen LogP contribution in [0, 0.1) is 13.8 Å². The van der Waals surface area contributed by atoms with Crippen LogP contribution in [0.4, 0.5) is 23.0 Å². The summed E-state index contributed by atoms with van der Waals surface area (Å²) < 4.78 is 0. The Morgan fingerprint density at radius 2 is 1.55 bits per heavy atom. The summed E-state index contributed by atoms with van der Waals surface area (Å²) in [6.45, 7) is 10.3. The second-order valence-electron chi connectivity index (χ2n) is 6.49. The predicted octanol–water partition coefficient (Wildman–Crippen LogP) is 3.13. The highest BCUT2D eigenvalue weighted by Gasteiger charge is 2.12. The van der Waals surface area contributed by atoms with Crippen molar-refractivity contribution < 1.29 is 0 Å². The molecule has 6 heteroatoms. The molecule has 1 aromatic heterocycles. The number of anilines is 4. The van der Waals surface area contributed by atoms with E-state index in [-0.39, 0.29) is 5.54 Å². The fourth-order valence-corrected chi connectivity index (χ4v) is 2.03. The van der Waals surface area contributed by atoms with Crippen LogP contribution < -0.4 is 21.9 Å². The molecule has 5 N–H and O–H groups in total. The van der Waals surface area contributed by atoms with Gasteiger partial charge in [0.1, 0.15) is 12.0 Å². The van der Waals surface area contributed by atoms with E-state index in [1.807, 2.05) is 20.8 Å². The van der Waals surface area contributed by atoms with E-state index < -0.39 is 0 Å². The number of hydrazine groups is 1. The van der Waals surface area contributed by atoms with Gasteiger partial charge in [0.05, 0.1) is 0 Å². The fourth-order valence-electron chi connectivity index (χ4n) is 2.03. The quantitative estimate of drug-likeness (QED) is 0.649. The van der Waals surface area contributed by atoms with Crippen LogP contribution in [0.15, 0.2) is 24.5 Å². The van der Waals surface area contributed by atoms with E-state index in [9.17, 15) is 0 Å². The summed E-state index contributed by atoms with van der Waals surface area (Å²) in [6.07, 6.45) is 1.48. The van der Waals surface area contributed by atoms with Crippen LogP contribution in [0.1, 0.15) is 31.9 Å². The molecule has 0 aliphatic carbocycles. The Morgan fingerprint density at radius 3 is 2.14 bits per heavy atom. The maximum Gasteiger partial charge on any atom is 0.169 e. The Balaban J connectivity index is 2.21. The largest absolute Gasteiger partial charge is 0.393 e. The predicted molar refractivity (Wildman–Crippen MR) is 92.2 cm³/mol. The van der Waals surface area contributed by atoms with Crippen LogP contribution in [0.3, 0.4) is 0 Å². The number of rotatable bonds is 4. The van der Waals surface area contributed by atoms with Crippen molar-refractivity contribution >= 4 is 23.0 Å². The van der Waals surface area contributed by atoms with Crippen molar-refractivity contribution in [2.45, 2.75) is 40.2 Å². The van der Waals surface area contributed by atoms with Gasteiger partial charge in [-0.15, -0.1) is 0 Å². The molecule has 0 amide bonds. The molecule has 0 saturated heterocycles. The third-order valence-electron chi connectivity index (χ3n) is 2.92. The maximum atomic E-state index is 6.15. The average Bonchev–Trinajstić information content (AvgIpc) is 2.37. The first kappa shape index (κ1) is 16.0. The van der Waals surface area contributed by atoms with Crippen molar-refractivity contribution in [3.63, 3.8) is 0 Å². The Kier molecular flexibility index (Phi) is 4.51. The number of benzene rings is 1. The number of aryl methyl sites for hydroxylation is 2. The normalized spacial score (nSPS) is 11.3. The maximum absolute atomic E-state index is 6.15. The van der Waals surface area contributed by atoms with Crippen LogP contribution in [0.25, 0.3) is 0 Å². The van der Waals surface area contributed by atoms with Gasteiger partial charge in [0.15, 0.2) is 11.6 Å². The minimum atomic E-state index is -0.0986. The molecule has 0 spiro atoms. The highest BCUT2D eigenvalue weighted by Crippen LogP contribution is 2.26. The molecular formula is C16H24N6. The average molecular weight is 300 g/mol. The minimum absolute atomic E-state index is 0.0986. The van der Waals surface area contributed by atoms with Crippen LogP contribution in [0.2, 0.25) is 0 Å². The summed E-state index contributed by atoms with van der Waals surface area (Å²) in [6, 6.07) is 6.22. The van der Waals surface area contributed by atoms with E-state index >= 15 is 0 Å². The lowest BCUT2D eigenvalue weighted by atomic mass is 10.1. The molecule has 0 fully saturated rings. The molecule has 6 nitrogen and oxygen atoms in total. The van der Waals surface area contributed by atoms with Crippen molar-refractivity contribution in [1.82, 2.24) is 15.4 Å². The number of hydrogen-bond donors (Lipinski definition) is 4. The molecule has 0 bridgehead atoms. The van der Waals surface area contributed by atoms with Crippen molar-refractivity contribution in [3.05, 3.63) is 35.7 Å². The van der Waals surface area contributed by atoms with E-state index in [0.29, 0.717) is 17.3 Å². The van der Waals surface area contributed by atoms with Gasteiger partial charge in [-0.05, 0) is 57.9 Å². The smallest absolute Gasteiger partial charge is 0.169 e. The lowest BCUT2D eigenvalue weighted by Gasteiger charge is -2.22. The molecule has 0 atom stereocenters. The molecule has 22 heavy (non-hydrogen) atoms. The van der Waals surface area contributed by atoms with E-state index in [2.05, 4.69) is 58.2 Å². The zero-order valence-corrected chi connectivity index (χ0v) is 13.8. The van der Waals surface area contributed by atoms with Crippen LogP contribution in [0.5, 0.6) is 0 Å². The Morgan fingerprint density at radius 1 is 0.955 bits per heavy atom. The molecule has 118 valence electrons. The molecule has 0 aliphatic rings. The van der Waals surface area contributed by atoms with E-state index in [1.165, 1.54) is 17.5 Å². The SMILES string of the molecule is Cc1cc(C)cc(Nc2ncnc(NNC(C)(C)C)c2N)c1. The van der Waals surface area contributed by atoms with Crippen LogP contribution in [-0.4, -0.2) is 15.5 Å². The molecule has 0 saturated carbocycles. The molecule has 1 aromatic carbocycles. The van der Waals surface area contributed by atoms with Crippen LogP contribution in [-0.2, 0) is 0 Å². The summed E-state index contributed by atoms with van der Waals surface area (Å²) >= 11 is 0. The molecule has 0 unspecified atom stereocenters. The monoisotopic (exact) mass is 300 g/mol. The number of nitrogens with zero attached hydrogens (tertiary/aromatic N) is 2. The molecule has 2 aromatic rings. The lowest BCUT2D eigenvalue weighted by molar-refractivity contribution is 0.464. The topological polar surface area (TPSA) is 87.9 Å². The molecular weight excluding hydrogens is 276 g/mol. The highest BCUT2D eigenvalue weighted by atomic mass is 15.4. The third-order valence-corrected chi connectivity index (χ3v) is 2.92. The number of aromatic nitrogens is 2. The molecule has 1 heterocycles. The Labute approximate surface area is 131 Å². The zero-order valence-electron chi connectivity index (χ0n) is 13.8. The van der Waals surface area contributed by atoms with Gasteiger partial charge in [-0.25, -0.2) is 15.4 Å². The van der Waals surface area contributed by atoms with Gasteiger partial charge in [-0.2, -0.15) is 0 Å². The van der Waals surface area contributed by atoms with Gasteiger partial charge in [-0.3, -0.25) is 0 Å². The van der Waals surface area contributed by atoms with Gasteiger partial charge in [0.25, 0.3) is 0 Å². The molecule has 0 radical (unpaired) electrons. The summed E-state index contributed by atoms with van der Waals surface area (Å²) in [5, 5.41) is 3.25. The number of nitrogen functional groups attached to an aromatic ring is 1. The molecule has 0 aliphatic heterocycles. The van der Waals surface area contributed by atoms with Crippen molar-refractivity contribution in [2.75, 3.05) is 16.5 Å². The number of nitrogens with two attached hydrogens (primary N) is 1. The van der Waals surface area contributed by atoms with Gasteiger partial charge in [0, 0.05) is 11.2 Å². The van der Waals surface area contributed by atoms with Crippen molar-refractivity contribution in [3.8, 4) is 0 Å². The first-order valence-electron chi connectivity index (χ1n) is 7.23. The van der Waals surface area contributed by atoms with E-state index in [4.69, 9.17) is 5.73 Å². The van der Waals surface area contributed by atoms with Gasteiger partial charge in [0.2, 0.25) is 0 Å². The Hall–Kier alpha value is -2.34. The van der Waals surface area contributed by atoms with Crippen molar-refractivity contribution in [1.29, 1.82) is 0 Å². The number of nitrogens with one attached hydrogen (secondary N) is 3. The second kappa shape index (κ2) is 6.19. The van der Waals surface area contributed by atoms with Gasteiger partial charge >= 0.3 is 0 Å². The third kappa shape index (κ3) is 4.33. The van der Waals surface area contributed by atoms with Gasteiger partial charge < -0.3 is 16.5 Å². The van der Waals surface area contributed by atoms with Crippen molar-refractivity contribution in [2.24, 2.45) is 0 Å². The van der Waals surface area contributed by atoms with Crippen LogP contribution >= 0.6 is 0 Å². The van der Waals surface area contributed by atoms with Gasteiger partial charge in [-0.1, -0.05) is 6.07 Å². The Bertz CT molecular complexity index is 640.